The number of nitrogens with zero attached hydrogens (tertiary/aromatic N) is 2. The maximum atomic E-state index is 6.49. The fourth-order valence-electron chi connectivity index (χ4n) is 3.30. The monoisotopic (exact) mass is 353 g/mol. The topological polar surface area (TPSA) is 32.5 Å². The lowest BCUT2D eigenvalue weighted by atomic mass is 9.94. The molecule has 3 unspecified atom stereocenters. The van der Waals surface area contributed by atoms with Gasteiger partial charge in [0.1, 0.15) is 0 Å². The Bertz CT molecular complexity index is 451. The Hall–Kier alpha value is -0.420. The van der Waals surface area contributed by atoms with Gasteiger partial charge >= 0.3 is 0 Å². The Morgan fingerprint density at radius 2 is 2.00 bits per heavy atom. The van der Waals surface area contributed by atoms with Gasteiger partial charge in [-0.1, -0.05) is 48.0 Å². The van der Waals surface area contributed by atoms with Gasteiger partial charge in [0.2, 0.25) is 0 Å². The fraction of sp³-hybridized carbons (Fsp3) is 0.647. The van der Waals surface area contributed by atoms with E-state index in [1.807, 2.05) is 0 Å². The van der Waals surface area contributed by atoms with Crippen LogP contribution in [0.5, 0.6) is 0 Å². The molecule has 1 saturated heterocycles. The number of benzene rings is 1. The van der Waals surface area contributed by atoms with E-state index in [0.717, 1.165) is 26.1 Å². The molecule has 0 aliphatic carbocycles. The molecule has 0 amide bonds. The molecule has 0 bridgehead atoms. The van der Waals surface area contributed by atoms with E-state index in [9.17, 15) is 0 Å². The fourth-order valence-corrected chi connectivity index (χ4v) is 3.82. The van der Waals surface area contributed by atoms with Crippen LogP contribution in [0.15, 0.2) is 28.7 Å². The molecule has 3 nitrogen and oxygen atoms in total. The van der Waals surface area contributed by atoms with Crippen LogP contribution in [0.2, 0.25) is 0 Å². The van der Waals surface area contributed by atoms with Crippen molar-refractivity contribution in [2.24, 2.45) is 5.73 Å². The number of rotatable bonds is 5. The molecule has 1 fully saturated rings. The predicted octanol–water partition coefficient (Wildman–Crippen LogP) is 3.25. The minimum Gasteiger partial charge on any atom is -0.326 e. The van der Waals surface area contributed by atoms with Crippen molar-refractivity contribution in [3.8, 4) is 0 Å². The molecule has 0 saturated carbocycles. The van der Waals surface area contributed by atoms with Crippen LogP contribution in [0.25, 0.3) is 0 Å². The van der Waals surface area contributed by atoms with Gasteiger partial charge in [-0.05, 0) is 31.5 Å². The van der Waals surface area contributed by atoms with Crippen molar-refractivity contribution in [3.05, 3.63) is 34.3 Å². The third-order valence-corrected chi connectivity index (χ3v) is 5.50. The number of likely N-dealkylation sites (N-methyl/N-ethyl adjacent to an activating group) is 1. The van der Waals surface area contributed by atoms with Gasteiger partial charge in [-0.2, -0.15) is 0 Å². The highest BCUT2D eigenvalue weighted by Crippen LogP contribution is 2.32. The molecule has 21 heavy (non-hydrogen) atoms. The molecule has 0 aromatic heterocycles. The zero-order valence-corrected chi connectivity index (χ0v) is 15.0. The molecule has 0 radical (unpaired) electrons. The van der Waals surface area contributed by atoms with Crippen LogP contribution in [0.3, 0.4) is 0 Å². The lowest BCUT2D eigenvalue weighted by molar-refractivity contribution is 0.0522. The lowest BCUT2D eigenvalue weighted by Gasteiger charge is -2.44. The average molecular weight is 354 g/mol. The van der Waals surface area contributed by atoms with Crippen molar-refractivity contribution in [2.75, 3.05) is 26.7 Å². The second-order valence-electron chi connectivity index (χ2n) is 6.08. The SMILES string of the molecule is CCC(N)C(c1ccccc1Br)N1CCN(C)C(CC)C1. The summed E-state index contributed by atoms with van der Waals surface area (Å²) in [6.07, 6.45) is 2.19. The Balaban J connectivity index is 2.27. The van der Waals surface area contributed by atoms with Gasteiger partial charge in [-0.25, -0.2) is 0 Å². The van der Waals surface area contributed by atoms with Crippen molar-refractivity contribution in [3.63, 3.8) is 0 Å². The third kappa shape index (κ3) is 3.86. The Morgan fingerprint density at radius 1 is 1.29 bits per heavy atom. The zero-order valence-electron chi connectivity index (χ0n) is 13.4. The highest BCUT2D eigenvalue weighted by atomic mass is 79.9. The number of nitrogens with two attached hydrogens (primary N) is 1. The molecule has 1 aliphatic heterocycles. The molecule has 2 rings (SSSR count). The van der Waals surface area contributed by atoms with Crippen molar-refractivity contribution >= 4 is 15.9 Å². The smallest absolute Gasteiger partial charge is 0.0511 e. The average Bonchev–Trinajstić information content (AvgIpc) is 2.50. The first-order valence-electron chi connectivity index (χ1n) is 8.02. The van der Waals surface area contributed by atoms with Crippen LogP contribution in [0.4, 0.5) is 0 Å². The van der Waals surface area contributed by atoms with E-state index in [1.165, 1.54) is 16.5 Å². The van der Waals surface area contributed by atoms with Gasteiger partial charge in [-0.3, -0.25) is 4.90 Å². The molecule has 0 spiro atoms. The summed E-state index contributed by atoms with van der Waals surface area (Å²) in [5, 5.41) is 0. The Labute approximate surface area is 137 Å². The molecule has 2 N–H and O–H groups in total. The van der Waals surface area contributed by atoms with E-state index in [0.29, 0.717) is 12.1 Å². The Morgan fingerprint density at radius 3 is 2.62 bits per heavy atom. The second kappa shape index (κ2) is 7.73. The quantitative estimate of drug-likeness (QED) is 0.881. The van der Waals surface area contributed by atoms with Crippen LogP contribution in [0.1, 0.15) is 38.3 Å². The number of hydrogen-bond acceptors (Lipinski definition) is 3. The largest absolute Gasteiger partial charge is 0.326 e. The second-order valence-corrected chi connectivity index (χ2v) is 6.93. The summed E-state index contributed by atoms with van der Waals surface area (Å²) >= 11 is 3.71. The molecule has 1 heterocycles. The lowest BCUT2D eigenvalue weighted by Crippen LogP contribution is -2.54. The van der Waals surface area contributed by atoms with Crippen LogP contribution in [-0.4, -0.2) is 48.6 Å². The minimum atomic E-state index is 0.171. The summed E-state index contributed by atoms with van der Waals surface area (Å²) in [5.41, 5.74) is 7.82. The third-order valence-electron chi connectivity index (χ3n) is 4.77. The zero-order chi connectivity index (χ0) is 15.4. The van der Waals surface area contributed by atoms with E-state index >= 15 is 0 Å². The number of piperazine rings is 1. The maximum absolute atomic E-state index is 6.49. The van der Waals surface area contributed by atoms with Gasteiger partial charge in [0.25, 0.3) is 0 Å². The predicted molar refractivity (Wildman–Crippen MR) is 93.4 cm³/mol. The summed E-state index contributed by atoms with van der Waals surface area (Å²) in [6, 6.07) is 9.62. The highest BCUT2D eigenvalue weighted by Gasteiger charge is 2.32. The first-order valence-corrected chi connectivity index (χ1v) is 8.82. The van der Waals surface area contributed by atoms with Gasteiger partial charge in [-0.15, -0.1) is 0 Å². The van der Waals surface area contributed by atoms with Crippen LogP contribution in [-0.2, 0) is 0 Å². The normalized spacial score (nSPS) is 24.0. The molecular weight excluding hydrogens is 326 g/mol. The summed E-state index contributed by atoms with van der Waals surface area (Å²) in [6.45, 7) is 7.77. The molecular formula is C17H28BrN3. The molecule has 4 heteroatoms. The standard InChI is InChI=1S/C17H28BrN3/c1-4-13-12-21(11-10-20(13)3)17(16(19)5-2)14-8-6-7-9-15(14)18/h6-9,13,16-17H,4-5,10-12,19H2,1-3H3. The molecule has 1 aromatic carbocycles. The van der Waals surface area contributed by atoms with Gasteiger partial charge < -0.3 is 10.6 Å². The summed E-state index contributed by atoms with van der Waals surface area (Å²) < 4.78 is 1.17. The summed E-state index contributed by atoms with van der Waals surface area (Å²) in [5.74, 6) is 0. The van der Waals surface area contributed by atoms with Crippen molar-refractivity contribution in [1.29, 1.82) is 0 Å². The van der Waals surface area contributed by atoms with E-state index in [-0.39, 0.29) is 6.04 Å². The van der Waals surface area contributed by atoms with E-state index in [2.05, 4.69) is 70.9 Å². The molecule has 118 valence electrons. The van der Waals surface area contributed by atoms with Crippen molar-refractivity contribution < 1.29 is 0 Å². The molecule has 1 aliphatic rings. The van der Waals surface area contributed by atoms with Crippen molar-refractivity contribution in [1.82, 2.24) is 9.80 Å². The number of hydrogen-bond donors (Lipinski definition) is 1. The van der Waals surface area contributed by atoms with Crippen LogP contribution in [0, 0.1) is 0 Å². The highest BCUT2D eigenvalue weighted by molar-refractivity contribution is 9.10. The van der Waals surface area contributed by atoms with Gasteiger partial charge in [0.05, 0.1) is 6.04 Å². The molecule has 1 aromatic rings. The maximum Gasteiger partial charge on any atom is 0.0511 e. The van der Waals surface area contributed by atoms with Crippen LogP contribution < -0.4 is 5.73 Å². The first-order chi connectivity index (χ1) is 10.1. The van der Waals surface area contributed by atoms with Crippen molar-refractivity contribution in [2.45, 2.75) is 44.8 Å². The first kappa shape index (κ1) is 16.9. The van der Waals surface area contributed by atoms with Gasteiger partial charge in [0.15, 0.2) is 0 Å². The van der Waals surface area contributed by atoms with Gasteiger partial charge in [0, 0.05) is 36.2 Å². The summed E-state index contributed by atoms with van der Waals surface area (Å²) in [4.78, 5) is 5.06. The van der Waals surface area contributed by atoms with Crippen LogP contribution >= 0.6 is 15.9 Å². The van der Waals surface area contributed by atoms with E-state index in [1.54, 1.807) is 0 Å². The Kier molecular flexibility index (Phi) is 6.23. The molecule has 3 atom stereocenters. The summed E-state index contributed by atoms with van der Waals surface area (Å²) in [7, 11) is 2.23. The van der Waals surface area contributed by atoms with E-state index < -0.39 is 0 Å². The number of halogens is 1. The minimum absolute atomic E-state index is 0.171. The van der Waals surface area contributed by atoms with E-state index in [4.69, 9.17) is 5.73 Å².